The van der Waals surface area contributed by atoms with Crippen LogP contribution in [-0.2, 0) is 4.74 Å². The molecule has 1 aromatic carbocycles. The fraction of sp³-hybridized carbons (Fsp3) is 0.227. The predicted octanol–water partition coefficient (Wildman–Crippen LogP) is 3.61. The van der Waals surface area contributed by atoms with E-state index in [4.69, 9.17) is 27.5 Å². The molecule has 0 saturated heterocycles. The van der Waals surface area contributed by atoms with Gasteiger partial charge in [-0.15, -0.1) is 0 Å². The summed E-state index contributed by atoms with van der Waals surface area (Å²) in [6, 6.07) is 6.87. The van der Waals surface area contributed by atoms with Crippen molar-refractivity contribution in [3.05, 3.63) is 70.3 Å². The summed E-state index contributed by atoms with van der Waals surface area (Å²) in [5.41, 5.74) is 9.23. The molecule has 0 spiro atoms. The summed E-state index contributed by atoms with van der Waals surface area (Å²) < 4.78 is 5.38. The number of allylic oxidation sites excluding steroid dienone is 4. The fourth-order valence-corrected chi connectivity index (χ4v) is 3.01. The van der Waals surface area contributed by atoms with Gasteiger partial charge in [-0.25, -0.2) is 9.98 Å². The van der Waals surface area contributed by atoms with Crippen molar-refractivity contribution in [2.24, 2.45) is 10.7 Å². The second-order valence-electron chi connectivity index (χ2n) is 7.12. The Labute approximate surface area is 185 Å². The Morgan fingerprint density at radius 3 is 2.55 bits per heavy atom. The van der Waals surface area contributed by atoms with Gasteiger partial charge < -0.3 is 15.4 Å². The molecule has 160 valence electrons. The van der Waals surface area contributed by atoms with Gasteiger partial charge in [0.1, 0.15) is 5.69 Å². The number of carbonyl (C=O) groups excluding carboxylic acids is 1. The number of carbonyl (C=O) groups is 1. The quantitative estimate of drug-likeness (QED) is 0.558. The summed E-state index contributed by atoms with van der Waals surface area (Å²) in [6.07, 6.45) is 6.47. The van der Waals surface area contributed by atoms with Crippen molar-refractivity contribution in [3.63, 3.8) is 0 Å². The van der Waals surface area contributed by atoms with E-state index in [0.717, 1.165) is 16.3 Å². The molecule has 1 aliphatic rings. The van der Waals surface area contributed by atoms with E-state index < -0.39 is 0 Å². The second-order valence-corrected chi connectivity index (χ2v) is 7.60. The highest BCUT2D eigenvalue weighted by Gasteiger charge is 2.15. The number of hydrogen-bond acceptors (Lipinski definition) is 6. The molecule has 0 atom stereocenters. The van der Waals surface area contributed by atoms with Gasteiger partial charge >= 0.3 is 0 Å². The molecule has 1 heterocycles. The van der Waals surface area contributed by atoms with Crippen LogP contribution in [0, 0.1) is 12.3 Å². The molecule has 2 aromatic rings. The molecule has 1 amide bonds. The van der Waals surface area contributed by atoms with Crippen LogP contribution >= 0.6 is 11.6 Å². The number of amidine groups is 1. The summed E-state index contributed by atoms with van der Waals surface area (Å²) in [7, 11) is 3.40. The summed E-state index contributed by atoms with van der Waals surface area (Å²) >= 11 is 5.94. The first-order chi connectivity index (χ1) is 14.7. The number of aromatic nitrogens is 2. The Morgan fingerprint density at radius 1 is 1.23 bits per heavy atom. The standard InChI is InChI=1S/C22H23ClN6O2/c1-13-19(20(24)31-22(25)27-17-10-8-16(23)9-11-17)28-18(12-26-13)14-4-6-15(7-5-14)21(30)29(2)3/h4-8,10,12,24H,9,11H2,1-3H3,(H2,25,27). The summed E-state index contributed by atoms with van der Waals surface area (Å²) in [5.74, 6) is -0.337. The van der Waals surface area contributed by atoms with E-state index in [2.05, 4.69) is 15.0 Å². The van der Waals surface area contributed by atoms with Gasteiger partial charge in [0, 0.05) is 36.0 Å². The molecular formula is C22H23ClN6O2. The number of aliphatic imine (C=N–C) groups is 1. The molecule has 3 rings (SSSR count). The van der Waals surface area contributed by atoms with Gasteiger partial charge in [-0.3, -0.25) is 15.2 Å². The smallest absolute Gasteiger partial charge is 0.293 e. The number of ether oxygens (including phenoxy) is 1. The van der Waals surface area contributed by atoms with Gasteiger partial charge in [0.05, 0.1) is 17.6 Å². The van der Waals surface area contributed by atoms with Crippen LogP contribution in [0.2, 0.25) is 0 Å². The zero-order chi connectivity index (χ0) is 22.5. The van der Waals surface area contributed by atoms with Crippen LogP contribution in [0.15, 0.2) is 58.3 Å². The van der Waals surface area contributed by atoms with Gasteiger partial charge in [0.2, 0.25) is 5.90 Å². The topological polar surface area (TPSA) is 118 Å². The normalized spacial score (nSPS) is 13.9. The van der Waals surface area contributed by atoms with Crippen LogP contribution in [0.5, 0.6) is 0 Å². The number of halogens is 1. The van der Waals surface area contributed by atoms with Crippen LogP contribution in [0.4, 0.5) is 0 Å². The molecule has 1 aliphatic carbocycles. The van der Waals surface area contributed by atoms with Gasteiger partial charge in [-0.1, -0.05) is 23.7 Å². The number of hydrogen-bond donors (Lipinski definition) is 2. The molecule has 0 unspecified atom stereocenters. The highest BCUT2D eigenvalue weighted by Crippen LogP contribution is 2.22. The highest BCUT2D eigenvalue weighted by atomic mass is 35.5. The van der Waals surface area contributed by atoms with Crippen molar-refractivity contribution < 1.29 is 9.53 Å². The van der Waals surface area contributed by atoms with Crippen molar-refractivity contribution in [2.75, 3.05) is 14.1 Å². The molecule has 0 saturated carbocycles. The maximum Gasteiger partial charge on any atom is 0.293 e. The average molecular weight is 439 g/mol. The summed E-state index contributed by atoms with van der Waals surface area (Å²) in [6.45, 7) is 1.73. The number of benzene rings is 1. The van der Waals surface area contributed by atoms with Gasteiger partial charge in [-0.2, -0.15) is 0 Å². The van der Waals surface area contributed by atoms with E-state index in [0.29, 0.717) is 29.8 Å². The third-order valence-corrected chi connectivity index (χ3v) is 4.86. The SMILES string of the molecule is Cc1ncc(-c2ccc(C(=O)N(C)C)cc2)nc1C(=N)OC(N)=NC1=CC=C(Cl)CC1. The number of nitrogens with zero attached hydrogens (tertiary/aromatic N) is 4. The van der Waals surface area contributed by atoms with E-state index in [9.17, 15) is 4.79 Å². The lowest BCUT2D eigenvalue weighted by Gasteiger charge is -2.12. The number of aryl methyl sites for hydroxylation is 1. The van der Waals surface area contributed by atoms with E-state index in [1.54, 1.807) is 63.6 Å². The Morgan fingerprint density at radius 2 is 1.94 bits per heavy atom. The Bertz CT molecular complexity index is 1100. The van der Waals surface area contributed by atoms with Crippen molar-refractivity contribution in [1.82, 2.24) is 14.9 Å². The van der Waals surface area contributed by atoms with E-state index in [-0.39, 0.29) is 23.5 Å². The minimum Gasteiger partial charge on any atom is -0.405 e. The first kappa shape index (κ1) is 22.2. The lowest BCUT2D eigenvalue weighted by molar-refractivity contribution is 0.0827. The van der Waals surface area contributed by atoms with Gasteiger partial charge in [0.25, 0.3) is 11.9 Å². The maximum atomic E-state index is 12.1. The second kappa shape index (κ2) is 9.53. The molecule has 0 bridgehead atoms. The third kappa shape index (κ3) is 5.55. The molecule has 0 radical (unpaired) electrons. The molecule has 0 aliphatic heterocycles. The van der Waals surface area contributed by atoms with Crippen molar-refractivity contribution in [1.29, 1.82) is 5.41 Å². The largest absolute Gasteiger partial charge is 0.405 e. The van der Waals surface area contributed by atoms with Gasteiger partial charge in [-0.05, 0) is 44.1 Å². The van der Waals surface area contributed by atoms with Crippen LogP contribution in [0.3, 0.4) is 0 Å². The van der Waals surface area contributed by atoms with Crippen LogP contribution in [0.25, 0.3) is 11.3 Å². The summed E-state index contributed by atoms with van der Waals surface area (Å²) in [4.78, 5) is 26.6. The summed E-state index contributed by atoms with van der Waals surface area (Å²) in [5, 5.41) is 9.02. The molecule has 3 N–H and O–H groups in total. The van der Waals surface area contributed by atoms with Gasteiger partial charge in [0.15, 0.2) is 0 Å². The zero-order valence-corrected chi connectivity index (χ0v) is 18.3. The predicted molar refractivity (Wildman–Crippen MR) is 121 cm³/mol. The average Bonchev–Trinajstić information content (AvgIpc) is 2.75. The fourth-order valence-electron chi connectivity index (χ4n) is 2.86. The molecule has 9 heteroatoms. The van der Waals surface area contributed by atoms with E-state index in [1.807, 2.05) is 0 Å². The zero-order valence-electron chi connectivity index (χ0n) is 17.5. The lowest BCUT2D eigenvalue weighted by Crippen LogP contribution is -2.23. The van der Waals surface area contributed by atoms with Crippen LogP contribution in [0.1, 0.15) is 34.6 Å². The van der Waals surface area contributed by atoms with Crippen LogP contribution < -0.4 is 5.73 Å². The minimum absolute atomic E-state index is 0.0852. The molecule has 1 aromatic heterocycles. The van der Waals surface area contributed by atoms with Crippen molar-refractivity contribution in [3.8, 4) is 11.3 Å². The minimum atomic E-state index is -0.252. The first-order valence-electron chi connectivity index (χ1n) is 9.56. The monoisotopic (exact) mass is 438 g/mol. The van der Waals surface area contributed by atoms with Crippen molar-refractivity contribution >= 4 is 29.4 Å². The van der Waals surface area contributed by atoms with E-state index >= 15 is 0 Å². The van der Waals surface area contributed by atoms with Crippen LogP contribution in [-0.4, -0.2) is 46.8 Å². The lowest BCUT2D eigenvalue weighted by atomic mass is 10.1. The molecule has 31 heavy (non-hydrogen) atoms. The highest BCUT2D eigenvalue weighted by molar-refractivity contribution is 6.29. The molecule has 8 nitrogen and oxygen atoms in total. The maximum absolute atomic E-state index is 12.1. The first-order valence-corrected chi connectivity index (χ1v) is 9.94. The molecule has 0 fully saturated rings. The number of rotatable bonds is 4. The Hall–Kier alpha value is -3.52. The number of nitrogens with two attached hydrogens (primary N) is 1. The number of amides is 1. The molecular weight excluding hydrogens is 416 g/mol. The van der Waals surface area contributed by atoms with E-state index in [1.165, 1.54) is 4.90 Å². The number of nitrogens with one attached hydrogen (secondary N) is 1. The van der Waals surface area contributed by atoms with Crippen molar-refractivity contribution in [2.45, 2.75) is 19.8 Å². The third-order valence-electron chi connectivity index (χ3n) is 4.54. The Kier molecular flexibility index (Phi) is 6.81. The Balaban J connectivity index is 1.79.